The van der Waals surface area contributed by atoms with E-state index in [4.69, 9.17) is 18.0 Å². The summed E-state index contributed by atoms with van der Waals surface area (Å²) in [4.78, 5) is 6.14. The molecule has 0 unspecified atom stereocenters. The third-order valence-corrected chi connectivity index (χ3v) is 4.25. The second-order valence-electron chi connectivity index (χ2n) is 4.32. The summed E-state index contributed by atoms with van der Waals surface area (Å²) in [7, 11) is 0. The van der Waals surface area contributed by atoms with Gasteiger partial charge in [-0.15, -0.1) is 11.3 Å². The molecule has 0 amide bonds. The molecule has 2 rings (SSSR count). The average Bonchev–Trinajstić information content (AvgIpc) is 2.84. The highest BCUT2D eigenvalue weighted by Gasteiger charge is 2.04. The van der Waals surface area contributed by atoms with Crippen LogP contribution in [0.4, 0.5) is 5.69 Å². The van der Waals surface area contributed by atoms with Gasteiger partial charge in [-0.05, 0) is 37.1 Å². The van der Waals surface area contributed by atoms with E-state index in [1.165, 1.54) is 4.88 Å². The summed E-state index contributed by atoms with van der Waals surface area (Å²) in [5, 5.41) is 4.47. The molecule has 2 aromatic rings. The fraction of sp³-hybridized carbons (Fsp3) is 0.286. The normalized spacial score (nSPS) is 10.4. The topological polar surface area (TPSA) is 50.9 Å². The van der Waals surface area contributed by atoms with Gasteiger partial charge in [0.25, 0.3) is 0 Å². The van der Waals surface area contributed by atoms with E-state index in [1.807, 2.05) is 25.3 Å². The second kappa shape index (κ2) is 6.12. The molecule has 1 aromatic carbocycles. The molecular formula is C14H17N3S2. The zero-order valence-electron chi connectivity index (χ0n) is 11.1. The van der Waals surface area contributed by atoms with E-state index in [-0.39, 0.29) is 0 Å². The van der Waals surface area contributed by atoms with Crippen LogP contribution in [0.25, 0.3) is 0 Å². The summed E-state index contributed by atoms with van der Waals surface area (Å²) in [6, 6.07) is 6.01. The summed E-state index contributed by atoms with van der Waals surface area (Å²) in [6.07, 6.45) is 2.99. The monoisotopic (exact) mass is 291 g/mol. The van der Waals surface area contributed by atoms with Gasteiger partial charge in [0, 0.05) is 22.3 Å². The van der Waals surface area contributed by atoms with Crippen LogP contribution in [-0.4, -0.2) is 9.97 Å². The molecule has 0 spiro atoms. The van der Waals surface area contributed by atoms with Crippen LogP contribution < -0.4 is 11.1 Å². The smallest absolute Gasteiger partial charge is 0.112 e. The quantitative estimate of drug-likeness (QED) is 0.830. The summed E-state index contributed by atoms with van der Waals surface area (Å²) < 4.78 is 0. The number of nitrogens with two attached hydrogens (primary N) is 1. The van der Waals surface area contributed by atoms with Crippen LogP contribution in [0.1, 0.15) is 27.9 Å². The molecule has 19 heavy (non-hydrogen) atoms. The molecular weight excluding hydrogens is 274 g/mol. The van der Waals surface area contributed by atoms with E-state index in [0.717, 1.165) is 34.8 Å². The predicted molar refractivity (Wildman–Crippen MR) is 85.9 cm³/mol. The molecule has 1 heterocycles. The van der Waals surface area contributed by atoms with Crippen LogP contribution in [0.3, 0.4) is 0 Å². The first-order valence-electron chi connectivity index (χ1n) is 6.18. The molecule has 0 aliphatic heterocycles. The number of thiazole rings is 1. The zero-order chi connectivity index (χ0) is 13.8. The molecule has 0 atom stereocenters. The van der Waals surface area contributed by atoms with E-state index in [1.54, 1.807) is 11.3 Å². The van der Waals surface area contributed by atoms with Gasteiger partial charge < -0.3 is 11.1 Å². The Labute approximate surface area is 122 Å². The Morgan fingerprint density at radius 2 is 2.26 bits per heavy atom. The van der Waals surface area contributed by atoms with Gasteiger partial charge in [-0.1, -0.05) is 19.1 Å². The third kappa shape index (κ3) is 3.52. The number of nitrogens with zero attached hydrogens (tertiary/aromatic N) is 1. The second-order valence-corrected chi connectivity index (χ2v) is 5.96. The molecule has 0 aliphatic carbocycles. The molecule has 1 aromatic heterocycles. The molecule has 5 heteroatoms. The Morgan fingerprint density at radius 3 is 2.84 bits per heavy atom. The first kappa shape index (κ1) is 14.0. The highest BCUT2D eigenvalue weighted by molar-refractivity contribution is 7.80. The predicted octanol–water partition coefficient (Wildman–Crippen LogP) is 3.26. The van der Waals surface area contributed by atoms with Crippen molar-refractivity contribution in [2.24, 2.45) is 5.73 Å². The van der Waals surface area contributed by atoms with Gasteiger partial charge in [0.2, 0.25) is 0 Å². The molecule has 0 radical (unpaired) electrons. The van der Waals surface area contributed by atoms with Crippen LogP contribution in [0, 0.1) is 6.92 Å². The lowest BCUT2D eigenvalue weighted by atomic mass is 10.1. The molecule has 0 bridgehead atoms. The lowest BCUT2D eigenvalue weighted by molar-refractivity contribution is 1.09. The fourth-order valence-electron chi connectivity index (χ4n) is 1.82. The number of rotatable bonds is 5. The minimum atomic E-state index is 0.441. The van der Waals surface area contributed by atoms with Crippen molar-refractivity contribution in [2.75, 3.05) is 5.32 Å². The standard InChI is InChI=1S/C14H17N3S2/c1-3-11-7-17-13(19-11)8-16-10-4-5-12(14(15)18)9(2)6-10/h4-7,16H,3,8H2,1-2H3,(H2,15,18). The molecule has 0 aliphatic rings. The van der Waals surface area contributed by atoms with Gasteiger partial charge in [0.1, 0.15) is 10.00 Å². The molecule has 3 N–H and O–H groups in total. The highest BCUT2D eigenvalue weighted by atomic mass is 32.1. The van der Waals surface area contributed by atoms with Crippen LogP contribution >= 0.6 is 23.6 Å². The first-order valence-corrected chi connectivity index (χ1v) is 7.40. The van der Waals surface area contributed by atoms with E-state index in [0.29, 0.717) is 4.99 Å². The fourth-order valence-corrected chi connectivity index (χ4v) is 2.85. The highest BCUT2D eigenvalue weighted by Crippen LogP contribution is 2.18. The van der Waals surface area contributed by atoms with Crippen LogP contribution in [0.5, 0.6) is 0 Å². The van der Waals surface area contributed by atoms with Gasteiger partial charge in [0.05, 0.1) is 6.54 Å². The van der Waals surface area contributed by atoms with Crippen molar-refractivity contribution in [1.29, 1.82) is 0 Å². The lowest BCUT2D eigenvalue weighted by Crippen LogP contribution is -2.11. The maximum absolute atomic E-state index is 5.65. The van der Waals surface area contributed by atoms with E-state index >= 15 is 0 Å². The number of hydrogen-bond donors (Lipinski definition) is 2. The van der Waals surface area contributed by atoms with Gasteiger partial charge in [-0.25, -0.2) is 4.98 Å². The summed E-state index contributed by atoms with van der Waals surface area (Å²) in [5.74, 6) is 0. The number of thiocarbonyl (C=S) groups is 1. The zero-order valence-corrected chi connectivity index (χ0v) is 12.7. The molecule has 0 saturated carbocycles. The van der Waals surface area contributed by atoms with Gasteiger partial charge in [0.15, 0.2) is 0 Å². The number of benzene rings is 1. The Morgan fingerprint density at radius 1 is 1.47 bits per heavy atom. The minimum absolute atomic E-state index is 0.441. The number of nitrogens with one attached hydrogen (secondary N) is 1. The average molecular weight is 291 g/mol. The van der Waals surface area contributed by atoms with E-state index in [9.17, 15) is 0 Å². The number of anilines is 1. The Balaban J connectivity index is 2.03. The van der Waals surface area contributed by atoms with Crippen LogP contribution in [0.2, 0.25) is 0 Å². The van der Waals surface area contributed by atoms with Crippen molar-refractivity contribution in [3.8, 4) is 0 Å². The molecule has 3 nitrogen and oxygen atoms in total. The van der Waals surface area contributed by atoms with Crippen LogP contribution in [-0.2, 0) is 13.0 Å². The summed E-state index contributed by atoms with van der Waals surface area (Å²) >= 11 is 6.75. The minimum Gasteiger partial charge on any atom is -0.389 e. The maximum atomic E-state index is 5.65. The number of aromatic nitrogens is 1. The van der Waals surface area contributed by atoms with E-state index in [2.05, 4.69) is 23.3 Å². The first-order chi connectivity index (χ1) is 9.10. The van der Waals surface area contributed by atoms with Gasteiger partial charge >= 0.3 is 0 Å². The SMILES string of the molecule is CCc1cnc(CNc2ccc(C(N)=S)c(C)c2)s1. The summed E-state index contributed by atoms with van der Waals surface area (Å²) in [5.41, 5.74) is 8.73. The number of aryl methyl sites for hydroxylation is 2. The van der Waals surface area contributed by atoms with Gasteiger partial charge in [-0.3, -0.25) is 0 Å². The van der Waals surface area contributed by atoms with Crippen molar-refractivity contribution in [1.82, 2.24) is 4.98 Å². The summed E-state index contributed by atoms with van der Waals surface area (Å²) in [6.45, 7) is 4.90. The maximum Gasteiger partial charge on any atom is 0.112 e. The molecule has 0 fully saturated rings. The van der Waals surface area contributed by atoms with Gasteiger partial charge in [-0.2, -0.15) is 0 Å². The van der Waals surface area contributed by atoms with Crippen molar-refractivity contribution in [2.45, 2.75) is 26.8 Å². The van der Waals surface area contributed by atoms with Crippen LogP contribution in [0.15, 0.2) is 24.4 Å². The number of hydrogen-bond acceptors (Lipinski definition) is 4. The molecule has 0 saturated heterocycles. The van der Waals surface area contributed by atoms with Crippen molar-refractivity contribution in [3.05, 3.63) is 45.4 Å². The Hall–Kier alpha value is -1.46. The van der Waals surface area contributed by atoms with Crippen molar-refractivity contribution >= 4 is 34.2 Å². The van der Waals surface area contributed by atoms with Crippen molar-refractivity contribution < 1.29 is 0 Å². The largest absolute Gasteiger partial charge is 0.389 e. The van der Waals surface area contributed by atoms with Crippen molar-refractivity contribution in [3.63, 3.8) is 0 Å². The Kier molecular flexibility index (Phi) is 4.50. The Bertz CT molecular complexity index is 590. The molecule has 100 valence electrons. The third-order valence-electron chi connectivity index (χ3n) is 2.89. The van der Waals surface area contributed by atoms with E-state index < -0.39 is 0 Å². The lowest BCUT2D eigenvalue weighted by Gasteiger charge is -2.08.